The highest BCUT2D eigenvalue weighted by Crippen LogP contribution is 2.42. The molecule has 1 unspecified atom stereocenters. The zero-order valence-corrected chi connectivity index (χ0v) is 20.7. The average Bonchev–Trinajstić information content (AvgIpc) is 2.86. The molecule has 4 rings (SSSR count). The van der Waals surface area contributed by atoms with E-state index in [2.05, 4.69) is 16.0 Å². The van der Waals surface area contributed by atoms with Gasteiger partial charge in [-0.1, -0.05) is 30.4 Å². The molecule has 0 radical (unpaired) electrons. The first kappa shape index (κ1) is 28.8. The number of nitrogens with two attached hydrogens (primary N) is 1. The van der Waals surface area contributed by atoms with Crippen molar-refractivity contribution >= 4 is 28.9 Å². The van der Waals surface area contributed by atoms with Crippen molar-refractivity contribution in [2.24, 2.45) is 0 Å². The van der Waals surface area contributed by atoms with Crippen molar-refractivity contribution < 1.29 is 32.8 Å². The number of quaternary nitrogens is 1. The third kappa shape index (κ3) is 8.64. The van der Waals surface area contributed by atoms with Crippen molar-refractivity contribution in [2.75, 3.05) is 52.6 Å². The van der Waals surface area contributed by atoms with Gasteiger partial charge in [-0.05, 0) is 25.5 Å². The number of thiocarbonyl (C=S) groups is 1. The molecule has 2 saturated heterocycles. The zero-order chi connectivity index (χ0) is 25.8. The number of ketones is 1. The van der Waals surface area contributed by atoms with E-state index in [0.717, 1.165) is 58.7 Å². The van der Waals surface area contributed by atoms with Gasteiger partial charge in [0.05, 0.1) is 45.1 Å². The lowest BCUT2D eigenvalue weighted by Gasteiger charge is -2.32. The van der Waals surface area contributed by atoms with Crippen LogP contribution < -0.4 is 16.0 Å². The Hall–Kier alpha value is -2.40. The largest absolute Gasteiger partial charge is 0.763 e. The van der Waals surface area contributed by atoms with Crippen LogP contribution in [-0.2, 0) is 20.4 Å². The number of ether oxygens (including phenoxy) is 2. The van der Waals surface area contributed by atoms with Gasteiger partial charge in [-0.3, -0.25) is 10.7 Å². The fourth-order valence-electron chi connectivity index (χ4n) is 3.79. The molecule has 4 N–H and O–H groups in total. The molecule has 3 aliphatic rings. The maximum absolute atomic E-state index is 13.3. The van der Waals surface area contributed by atoms with Crippen LogP contribution in [0.4, 0.5) is 13.2 Å². The number of alkyl halides is 3. The summed E-state index contributed by atoms with van der Waals surface area (Å²) in [6, 6.07) is 4.91. The summed E-state index contributed by atoms with van der Waals surface area (Å²) in [6.45, 7) is 10.8. The molecule has 11 heteroatoms. The number of hydrogen-bond acceptors (Lipinski definition) is 5. The first-order valence-electron chi connectivity index (χ1n) is 11.3. The van der Waals surface area contributed by atoms with E-state index in [1.807, 2.05) is 5.87 Å². The summed E-state index contributed by atoms with van der Waals surface area (Å²) in [5.74, 6) is 0.314. The topological polar surface area (TPSA) is 98.5 Å². The summed E-state index contributed by atoms with van der Waals surface area (Å²) in [7, 11) is 0. The van der Waals surface area contributed by atoms with Crippen LogP contribution in [0.1, 0.15) is 30.9 Å². The Morgan fingerprint density at radius 2 is 1.74 bits per heavy atom. The fourth-order valence-corrected chi connectivity index (χ4v) is 4.11. The molecular formula is C24H31F3N4O3S. The molecule has 0 aromatic heterocycles. The summed E-state index contributed by atoms with van der Waals surface area (Å²) < 4.78 is 50.0. The van der Waals surface area contributed by atoms with Gasteiger partial charge in [-0.25, -0.2) is 0 Å². The Morgan fingerprint density at radius 3 is 2.14 bits per heavy atom. The molecule has 0 spiro atoms. The van der Waals surface area contributed by atoms with Gasteiger partial charge in [0.25, 0.3) is 0 Å². The molecule has 35 heavy (non-hydrogen) atoms. The predicted molar refractivity (Wildman–Crippen MR) is 131 cm³/mol. The Morgan fingerprint density at radius 1 is 1.14 bits per heavy atom. The van der Waals surface area contributed by atoms with Crippen molar-refractivity contribution in [1.29, 1.82) is 0 Å². The number of halogens is 3. The van der Waals surface area contributed by atoms with Gasteiger partial charge in [0.2, 0.25) is 0 Å². The minimum Gasteiger partial charge on any atom is -0.763 e. The van der Waals surface area contributed by atoms with Gasteiger partial charge in [0, 0.05) is 35.9 Å². The van der Waals surface area contributed by atoms with Crippen LogP contribution in [0.25, 0.3) is 5.41 Å². The lowest BCUT2D eigenvalue weighted by atomic mass is 9.78. The van der Waals surface area contributed by atoms with E-state index in [0.29, 0.717) is 5.70 Å². The second-order valence-electron chi connectivity index (χ2n) is 7.93. The Bertz CT molecular complexity index is 932. The fraction of sp³-hybridized carbons (Fsp3) is 0.500. The number of allylic oxidation sites excluding steroid dienone is 2. The lowest BCUT2D eigenvalue weighted by Crippen LogP contribution is -2.87. The third-order valence-corrected chi connectivity index (χ3v) is 5.70. The molecule has 2 fully saturated rings. The first-order valence-corrected chi connectivity index (χ1v) is 11.7. The van der Waals surface area contributed by atoms with Crippen molar-refractivity contribution in [3.8, 4) is 0 Å². The highest BCUT2D eigenvalue weighted by atomic mass is 32.1. The molecular weight excluding hydrogens is 481 g/mol. The quantitative estimate of drug-likeness (QED) is 0.318. The van der Waals surface area contributed by atoms with E-state index >= 15 is 0 Å². The zero-order valence-electron chi connectivity index (χ0n) is 19.8. The number of carbonyl (C=O) groups excluding carboxylic acids is 1. The highest BCUT2D eigenvalue weighted by molar-refractivity contribution is 7.80. The summed E-state index contributed by atoms with van der Waals surface area (Å²) in [5, 5.41) is 17.5. The molecule has 7 nitrogen and oxygen atoms in total. The van der Waals surface area contributed by atoms with E-state index in [-0.39, 0.29) is 21.7 Å². The number of hydrogen-bond donors (Lipinski definition) is 3. The monoisotopic (exact) mass is 512 g/mol. The Labute approximate surface area is 208 Å². The molecule has 1 aromatic carbocycles. The molecule has 3 heterocycles. The molecule has 0 bridgehead atoms. The maximum Gasteiger partial charge on any atom is 0.416 e. The first-order chi connectivity index (χ1) is 16.7. The van der Waals surface area contributed by atoms with Crippen LogP contribution in [-0.4, -0.2) is 69.2 Å². The minimum absolute atomic E-state index is 0.0389. The van der Waals surface area contributed by atoms with Crippen LogP contribution in [0.5, 0.6) is 0 Å². The van der Waals surface area contributed by atoms with E-state index in [9.17, 15) is 23.4 Å². The van der Waals surface area contributed by atoms with Crippen LogP contribution in [0.15, 0.2) is 41.1 Å². The molecule has 0 amide bonds. The van der Waals surface area contributed by atoms with Crippen molar-refractivity contribution in [1.82, 2.24) is 10.6 Å². The number of benzene rings is 1. The van der Waals surface area contributed by atoms with E-state index in [1.165, 1.54) is 25.1 Å². The minimum atomic E-state index is -4.60. The maximum atomic E-state index is 13.3. The number of Topliss-reactive ketones (excluding diaryl/α,β-unsaturated/α-hetero) is 1. The van der Waals surface area contributed by atoms with E-state index < -0.39 is 23.4 Å². The van der Waals surface area contributed by atoms with E-state index in [1.54, 1.807) is 6.92 Å². The SMILES string of the molecule is C1COCCN1.C1COCC[NH2+]1.CC(=O)C1=C(C)NC(=S)C(=C=[N-])C1c1ccccc1C(F)(F)F. The second-order valence-corrected chi connectivity index (χ2v) is 8.34. The predicted octanol–water partition coefficient (Wildman–Crippen LogP) is 1.93. The third-order valence-electron chi connectivity index (χ3n) is 5.38. The molecule has 0 saturated carbocycles. The van der Waals surface area contributed by atoms with Crippen LogP contribution >= 0.6 is 12.2 Å². The van der Waals surface area contributed by atoms with Crippen molar-refractivity contribution in [3.63, 3.8) is 0 Å². The standard InChI is InChI=1S/C16H12F3N2OS.2C4H9NO/c1-8-13(9(2)22)14(11(7-20)15(23)21-8)10-5-3-4-6-12(10)16(17,18)19;2*1-3-6-4-2-5-1/h3-6,14H,1-2H3,(H,21,23);2*5H,1-4H2/q-1;;/p+1. The van der Waals surface area contributed by atoms with Gasteiger partial charge >= 0.3 is 6.18 Å². The summed E-state index contributed by atoms with van der Waals surface area (Å²) in [4.78, 5) is 12.0. The van der Waals surface area contributed by atoms with Crippen molar-refractivity contribution in [2.45, 2.75) is 25.9 Å². The average molecular weight is 513 g/mol. The van der Waals surface area contributed by atoms with Crippen LogP contribution in [0.2, 0.25) is 0 Å². The Kier molecular flexibility index (Phi) is 11.7. The van der Waals surface area contributed by atoms with Crippen LogP contribution in [0, 0.1) is 0 Å². The molecule has 1 aromatic rings. The lowest BCUT2D eigenvalue weighted by molar-refractivity contribution is -0.670. The van der Waals surface area contributed by atoms with Gasteiger partial charge in [-0.15, -0.1) is 0 Å². The van der Waals surface area contributed by atoms with Gasteiger partial charge in [0.15, 0.2) is 5.78 Å². The van der Waals surface area contributed by atoms with E-state index in [4.69, 9.17) is 21.7 Å². The molecule has 3 aliphatic heterocycles. The molecule has 1 atom stereocenters. The summed E-state index contributed by atoms with van der Waals surface area (Å²) >= 11 is 5.06. The second kappa shape index (κ2) is 14.2. The number of rotatable bonds is 2. The van der Waals surface area contributed by atoms with Gasteiger partial charge in [-0.2, -0.15) is 13.2 Å². The molecule has 0 aliphatic carbocycles. The summed E-state index contributed by atoms with van der Waals surface area (Å²) in [6.07, 6.45) is -4.60. The van der Waals surface area contributed by atoms with Gasteiger partial charge < -0.3 is 30.8 Å². The van der Waals surface area contributed by atoms with Gasteiger partial charge in [0.1, 0.15) is 4.99 Å². The number of carbonyl (C=O) groups is 1. The number of nitrogens with one attached hydrogen (secondary N) is 2. The van der Waals surface area contributed by atoms with Crippen molar-refractivity contribution in [3.05, 3.63) is 57.6 Å². The Balaban J connectivity index is 0.000000290. The normalized spacial score (nSPS) is 20.4. The van der Waals surface area contributed by atoms with Crippen LogP contribution in [0.3, 0.4) is 0 Å². The number of nitrogens with zero attached hydrogens (tertiary/aromatic N) is 1. The number of morpholine rings is 2. The summed E-state index contributed by atoms with van der Waals surface area (Å²) in [5.41, 5.74) is -0.609. The smallest absolute Gasteiger partial charge is 0.416 e. The highest BCUT2D eigenvalue weighted by Gasteiger charge is 2.39. The molecule has 192 valence electrons.